The second-order valence-corrected chi connectivity index (χ2v) is 5.48. The maximum absolute atomic E-state index is 6.10. The predicted molar refractivity (Wildman–Crippen MR) is 83.0 cm³/mol. The maximum Gasteiger partial charge on any atom is 0.0574 e. The fourth-order valence-corrected chi connectivity index (χ4v) is 2.43. The zero-order valence-electron chi connectivity index (χ0n) is 11.9. The lowest BCUT2D eigenvalue weighted by molar-refractivity contribution is 0.690. The largest absolute Gasteiger partial charge is 0.309 e. The van der Waals surface area contributed by atoms with Crippen LogP contribution >= 0.6 is 11.6 Å². The van der Waals surface area contributed by atoms with Crippen LogP contribution in [0.1, 0.15) is 33.9 Å². The Morgan fingerprint density at radius 2 is 1.42 bits per heavy atom. The van der Waals surface area contributed by atoms with Crippen LogP contribution in [0.3, 0.4) is 0 Å². The molecule has 0 bridgehead atoms. The van der Waals surface area contributed by atoms with Crippen LogP contribution in [0, 0.1) is 20.8 Å². The van der Waals surface area contributed by atoms with Gasteiger partial charge in [0.05, 0.1) is 6.04 Å². The van der Waals surface area contributed by atoms with Gasteiger partial charge in [-0.15, -0.1) is 0 Å². The Labute approximate surface area is 120 Å². The summed E-state index contributed by atoms with van der Waals surface area (Å²) < 4.78 is 0. The highest BCUT2D eigenvalue weighted by atomic mass is 35.5. The van der Waals surface area contributed by atoms with Gasteiger partial charge in [-0.05, 0) is 61.7 Å². The van der Waals surface area contributed by atoms with Crippen molar-refractivity contribution in [3.63, 3.8) is 0 Å². The molecule has 0 spiro atoms. The summed E-state index contributed by atoms with van der Waals surface area (Å²) in [6, 6.07) is 13.0. The molecule has 0 saturated heterocycles. The molecular weight excluding hydrogens is 254 g/mol. The number of aryl methyl sites for hydroxylation is 3. The van der Waals surface area contributed by atoms with Crippen molar-refractivity contribution in [3.8, 4) is 0 Å². The minimum atomic E-state index is 0.204. The molecule has 0 aromatic heterocycles. The van der Waals surface area contributed by atoms with E-state index in [0.29, 0.717) is 0 Å². The summed E-state index contributed by atoms with van der Waals surface area (Å²) in [7, 11) is 1.99. The molecule has 0 aliphatic rings. The quantitative estimate of drug-likeness (QED) is 0.863. The molecule has 19 heavy (non-hydrogen) atoms. The van der Waals surface area contributed by atoms with Gasteiger partial charge in [-0.2, -0.15) is 0 Å². The Kier molecular flexibility index (Phi) is 4.28. The van der Waals surface area contributed by atoms with E-state index in [1.807, 2.05) is 20.0 Å². The smallest absolute Gasteiger partial charge is 0.0574 e. The average molecular weight is 274 g/mol. The normalized spacial score (nSPS) is 12.5. The third-order valence-corrected chi connectivity index (χ3v) is 4.09. The SMILES string of the molecule is CNC(c1ccc(C)c(C)c1)c1ccc(Cl)c(C)c1. The molecule has 2 aromatic carbocycles. The van der Waals surface area contributed by atoms with Gasteiger partial charge in [0, 0.05) is 5.02 Å². The number of halogens is 1. The van der Waals surface area contributed by atoms with Crippen molar-refractivity contribution in [2.24, 2.45) is 0 Å². The number of hydrogen-bond acceptors (Lipinski definition) is 1. The molecule has 1 unspecified atom stereocenters. The van der Waals surface area contributed by atoms with Crippen LogP contribution in [-0.4, -0.2) is 7.05 Å². The van der Waals surface area contributed by atoms with Gasteiger partial charge in [0.2, 0.25) is 0 Å². The summed E-state index contributed by atoms with van der Waals surface area (Å²) in [6.07, 6.45) is 0. The van der Waals surface area contributed by atoms with E-state index in [1.54, 1.807) is 0 Å². The number of rotatable bonds is 3. The molecule has 1 nitrogen and oxygen atoms in total. The molecule has 0 aliphatic carbocycles. The summed E-state index contributed by atoms with van der Waals surface area (Å²) in [5.41, 5.74) is 6.29. The van der Waals surface area contributed by atoms with Gasteiger partial charge in [-0.1, -0.05) is 41.9 Å². The Morgan fingerprint density at radius 3 is 1.95 bits per heavy atom. The summed E-state index contributed by atoms with van der Waals surface area (Å²) >= 11 is 6.10. The lowest BCUT2D eigenvalue weighted by Crippen LogP contribution is -2.18. The summed E-state index contributed by atoms with van der Waals surface area (Å²) in [4.78, 5) is 0. The summed E-state index contributed by atoms with van der Waals surface area (Å²) in [5, 5.41) is 4.20. The van der Waals surface area contributed by atoms with Crippen LogP contribution in [-0.2, 0) is 0 Å². The molecule has 0 saturated carbocycles. The third-order valence-electron chi connectivity index (χ3n) is 3.67. The van der Waals surface area contributed by atoms with Gasteiger partial charge in [0.25, 0.3) is 0 Å². The molecule has 0 amide bonds. The number of hydrogen-bond donors (Lipinski definition) is 1. The third kappa shape index (κ3) is 2.99. The standard InChI is InChI=1S/C17H20ClN/c1-11-5-6-14(9-12(11)2)17(19-4)15-7-8-16(18)13(3)10-15/h5-10,17,19H,1-4H3. The van der Waals surface area contributed by atoms with Gasteiger partial charge in [-0.25, -0.2) is 0 Å². The van der Waals surface area contributed by atoms with Gasteiger partial charge >= 0.3 is 0 Å². The summed E-state index contributed by atoms with van der Waals surface area (Å²) in [5.74, 6) is 0. The molecular formula is C17H20ClN. The van der Waals surface area contributed by atoms with Crippen molar-refractivity contribution in [3.05, 3.63) is 69.2 Å². The molecule has 1 atom stereocenters. The molecule has 100 valence electrons. The van der Waals surface area contributed by atoms with Crippen molar-refractivity contribution < 1.29 is 0 Å². The van der Waals surface area contributed by atoms with Crippen LogP contribution in [0.15, 0.2) is 36.4 Å². The second kappa shape index (κ2) is 5.77. The van der Waals surface area contributed by atoms with Crippen molar-refractivity contribution in [1.82, 2.24) is 5.32 Å². The second-order valence-electron chi connectivity index (χ2n) is 5.07. The fourth-order valence-electron chi connectivity index (χ4n) is 2.32. The zero-order chi connectivity index (χ0) is 14.0. The van der Waals surface area contributed by atoms with E-state index in [2.05, 4.69) is 49.5 Å². The van der Waals surface area contributed by atoms with E-state index < -0.39 is 0 Å². The minimum Gasteiger partial charge on any atom is -0.309 e. The highest BCUT2D eigenvalue weighted by molar-refractivity contribution is 6.31. The van der Waals surface area contributed by atoms with Crippen molar-refractivity contribution in [2.75, 3.05) is 7.05 Å². The van der Waals surface area contributed by atoms with Crippen LogP contribution in [0.4, 0.5) is 0 Å². The lowest BCUT2D eigenvalue weighted by Gasteiger charge is -2.19. The van der Waals surface area contributed by atoms with Crippen LogP contribution < -0.4 is 5.32 Å². The first-order valence-electron chi connectivity index (χ1n) is 6.53. The Hall–Kier alpha value is -1.31. The van der Waals surface area contributed by atoms with Crippen LogP contribution in [0.2, 0.25) is 5.02 Å². The highest BCUT2D eigenvalue weighted by Gasteiger charge is 2.13. The molecule has 2 aromatic rings. The highest BCUT2D eigenvalue weighted by Crippen LogP contribution is 2.26. The summed E-state index contributed by atoms with van der Waals surface area (Å²) in [6.45, 7) is 6.33. The van der Waals surface area contributed by atoms with Gasteiger partial charge < -0.3 is 5.32 Å². The number of benzene rings is 2. The van der Waals surface area contributed by atoms with Gasteiger partial charge in [0.15, 0.2) is 0 Å². The van der Waals surface area contributed by atoms with E-state index >= 15 is 0 Å². The van der Waals surface area contributed by atoms with E-state index in [0.717, 1.165) is 10.6 Å². The molecule has 0 fully saturated rings. The number of nitrogens with one attached hydrogen (secondary N) is 1. The molecule has 1 N–H and O–H groups in total. The van der Waals surface area contributed by atoms with E-state index in [1.165, 1.54) is 22.3 Å². The maximum atomic E-state index is 6.10. The van der Waals surface area contributed by atoms with E-state index in [4.69, 9.17) is 11.6 Å². The fraction of sp³-hybridized carbons (Fsp3) is 0.294. The van der Waals surface area contributed by atoms with Gasteiger partial charge in [-0.3, -0.25) is 0 Å². The van der Waals surface area contributed by atoms with Crippen LogP contribution in [0.25, 0.3) is 0 Å². The Balaban J connectivity index is 2.43. The molecule has 0 radical (unpaired) electrons. The van der Waals surface area contributed by atoms with Crippen molar-refractivity contribution >= 4 is 11.6 Å². The topological polar surface area (TPSA) is 12.0 Å². The molecule has 2 heteroatoms. The predicted octanol–water partition coefficient (Wildman–Crippen LogP) is 4.57. The van der Waals surface area contributed by atoms with Gasteiger partial charge in [0.1, 0.15) is 0 Å². The first-order chi connectivity index (χ1) is 9.02. The van der Waals surface area contributed by atoms with E-state index in [-0.39, 0.29) is 6.04 Å². The molecule has 0 heterocycles. The monoisotopic (exact) mass is 273 g/mol. The van der Waals surface area contributed by atoms with E-state index in [9.17, 15) is 0 Å². The van der Waals surface area contributed by atoms with Crippen LogP contribution in [0.5, 0.6) is 0 Å². The Morgan fingerprint density at radius 1 is 0.842 bits per heavy atom. The Bertz CT molecular complexity index is 538. The lowest BCUT2D eigenvalue weighted by atomic mass is 9.95. The van der Waals surface area contributed by atoms with Crippen molar-refractivity contribution in [1.29, 1.82) is 0 Å². The zero-order valence-corrected chi connectivity index (χ0v) is 12.7. The average Bonchev–Trinajstić information content (AvgIpc) is 2.39. The molecule has 0 aliphatic heterocycles. The first kappa shape index (κ1) is 14.1. The first-order valence-corrected chi connectivity index (χ1v) is 6.91. The molecule has 2 rings (SSSR count). The minimum absolute atomic E-state index is 0.204. The van der Waals surface area contributed by atoms with Crippen molar-refractivity contribution in [2.45, 2.75) is 26.8 Å².